The van der Waals surface area contributed by atoms with Crippen molar-refractivity contribution in [1.82, 2.24) is 10.2 Å². The van der Waals surface area contributed by atoms with E-state index < -0.39 is 23.5 Å². The third-order valence-corrected chi connectivity index (χ3v) is 5.13. The highest BCUT2D eigenvalue weighted by Crippen LogP contribution is 2.30. The van der Waals surface area contributed by atoms with Gasteiger partial charge in [-0.2, -0.15) is 0 Å². The standard InChI is InChI=1S/C21H22N2O3/c1-13-10-11-16(12-14(13)2)18(24)15(3)23-19(25)21(4,22-20(23)26)17-8-6-5-7-9-17/h5-12,15H,1-4H3,(H,22,26)/t15-,21-/m0/s1. The molecule has 134 valence electrons. The van der Waals surface area contributed by atoms with Gasteiger partial charge in [-0.25, -0.2) is 4.79 Å². The molecular formula is C21H22N2O3. The number of nitrogens with zero attached hydrogens (tertiary/aromatic N) is 1. The molecule has 1 saturated heterocycles. The minimum absolute atomic E-state index is 0.256. The van der Waals surface area contributed by atoms with Gasteiger partial charge in [0.05, 0.1) is 0 Å². The van der Waals surface area contributed by atoms with Gasteiger partial charge in [0.1, 0.15) is 11.6 Å². The second kappa shape index (κ2) is 6.41. The van der Waals surface area contributed by atoms with Crippen molar-refractivity contribution >= 4 is 17.7 Å². The number of benzene rings is 2. The van der Waals surface area contributed by atoms with E-state index in [1.165, 1.54) is 0 Å². The molecule has 1 heterocycles. The fourth-order valence-corrected chi connectivity index (χ4v) is 3.23. The molecule has 5 nitrogen and oxygen atoms in total. The molecule has 1 N–H and O–H groups in total. The summed E-state index contributed by atoms with van der Waals surface area (Å²) >= 11 is 0. The highest BCUT2D eigenvalue weighted by atomic mass is 16.2. The SMILES string of the molecule is Cc1ccc(C(=O)[C@H](C)N2C(=O)N[C@@](C)(c3ccccc3)C2=O)cc1C. The maximum atomic E-state index is 13.0. The molecule has 0 aliphatic carbocycles. The van der Waals surface area contributed by atoms with Crippen LogP contribution in [0.25, 0.3) is 0 Å². The zero-order valence-electron chi connectivity index (χ0n) is 15.4. The first-order chi connectivity index (χ1) is 12.3. The molecule has 0 spiro atoms. The smallest absolute Gasteiger partial charge is 0.319 e. The van der Waals surface area contributed by atoms with Crippen LogP contribution in [0.4, 0.5) is 4.79 Å². The van der Waals surface area contributed by atoms with Gasteiger partial charge in [0, 0.05) is 5.56 Å². The first kappa shape index (κ1) is 17.9. The zero-order valence-corrected chi connectivity index (χ0v) is 15.4. The summed E-state index contributed by atoms with van der Waals surface area (Å²) in [6, 6.07) is 13.0. The third kappa shape index (κ3) is 2.79. The predicted molar refractivity (Wildman–Crippen MR) is 98.9 cm³/mol. The number of aryl methyl sites for hydroxylation is 2. The van der Waals surface area contributed by atoms with E-state index >= 15 is 0 Å². The van der Waals surface area contributed by atoms with Crippen molar-refractivity contribution in [2.75, 3.05) is 0 Å². The van der Waals surface area contributed by atoms with Crippen molar-refractivity contribution in [3.63, 3.8) is 0 Å². The number of ketones is 1. The fourth-order valence-electron chi connectivity index (χ4n) is 3.23. The Morgan fingerprint density at radius 3 is 2.31 bits per heavy atom. The molecular weight excluding hydrogens is 328 g/mol. The number of carbonyl (C=O) groups is 3. The lowest BCUT2D eigenvalue weighted by atomic mass is 9.91. The van der Waals surface area contributed by atoms with Crippen LogP contribution in [0.5, 0.6) is 0 Å². The number of Topliss-reactive ketones (excluding diaryl/α,β-unsaturated/α-hetero) is 1. The third-order valence-electron chi connectivity index (χ3n) is 5.13. The van der Waals surface area contributed by atoms with Gasteiger partial charge in [-0.1, -0.05) is 42.5 Å². The highest BCUT2D eigenvalue weighted by molar-refractivity contribution is 6.12. The number of rotatable bonds is 4. The van der Waals surface area contributed by atoms with Crippen LogP contribution in [0.1, 0.15) is 40.9 Å². The Hall–Kier alpha value is -2.95. The summed E-state index contributed by atoms with van der Waals surface area (Å²) in [5.74, 6) is -0.674. The second-order valence-corrected chi connectivity index (χ2v) is 6.94. The van der Waals surface area contributed by atoms with Crippen LogP contribution in [0.2, 0.25) is 0 Å². The van der Waals surface area contributed by atoms with Crippen molar-refractivity contribution in [2.24, 2.45) is 0 Å². The van der Waals surface area contributed by atoms with Gasteiger partial charge < -0.3 is 5.32 Å². The van der Waals surface area contributed by atoms with Gasteiger partial charge in [-0.15, -0.1) is 0 Å². The van der Waals surface area contributed by atoms with Crippen LogP contribution in [0.3, 0.4) is 0 Å². The monoisotopic (exact) mass is 350 g/mol. The number of imide groups is 1. The van der Waals surface area contributed by atoms with E-state index in [4.69, 9.17) is 0 Å². The Morgan fingerprint density at radius 1 is 1.04 bits per heavy atom. The summed E-state index contributed by atoms with van der Waals surface area (Å²) < 4.78 is 0. The van der Waals surface area contributed by atoms with Crippen molar-refractivity contribution in [3.8, 4) is 0 Å². The van der Waals surface area contributed by atoms with E-state index in [1.807, 2.05) is 38.1 Å². The summed E-state index contributed by atoms with van der Waals surface area (Å²) in [5, 5.41) is 2.74. The van der Waals surface area contributed by atoms with Crippen molar-refractivity contribution < 1.29 is 14.4 Å². The Labute approximate surface area is 153 Å². The number of hydrogen-bond donors (Lipinski definition) is 1. The molecule has 0 bridgehead atoms. The molecule has 2 aromatic rings. The minimum Gasteiger partial charge on any atom is -0.319 e. The van der Waals surface area contributed by atoms with Gasteiger partial charge in [0.25, 0.3) is 5.91 Å². The Kier molecular flexibility index (Phi) is 4.40. The van der Waals surface area contributed by atoms with E-state index in [0.29, 0.717) is 11.1 Å². The molecule has 1 aliphatic rings. The fraction of sp³-hybridized carbons (Fsp3) is 0.286. The first-order valence-corrected chi connectivity index (χ1v) is 8.58. The normalized spacial score (nSPS) is 20.8. The molecule has 0 radical (unpaired) electrons. The first-order valence-electron chi connectivity index (χ1n) is 8.58. The molecule has 2 atom stereocenters. The predicted octanol–water partition coefficient (Wildman–Crippen LogP) is 3.34. The van der Waals surface area contributed by atoms with E-state index in [1.54, 1.807) is 38.1 Å². The largest absolute Gasteiger partial charge is 0.325 e. The van der Waals surface area contributed by atoms with Crippen LogP contribution in [-0.2, 0) is 10.3 Å². The number of urea groups is 1. The average Bonchev–Trinajstić information content (AvgIpc) is 2.87. The molecule has 0 aromatic heterocycles. The van der Waals surface area contributed by atoms with Gasteiger partial charge in [-0.3, -0.25) is 14.5 Å². The molecule has 26 heavy (non-hydrogen) atoms. The topological polar surface area (TPSA) is 66.5 Å². The van der Waals surface area contributed by atoms with Crippen LogP contribution in [-0.4, -0.2) is 28.7 Å². The molecule has 1 fully saturated rings. The van der Waals surface area contributed by atoms with Gasteiger partial charge in [0.2, 0.25) is 0 Å². The Bertz CT molecular complexity index is 891. The Balaban J connectivity index is 1.91. The van der Waals surface area contributed by atoms with E-state index in [0.717, 1.165) is 16.0 Å². The summed E-state index contributed by atoms with van der Waals surface area (Å²) in [7, 11) is 0. The molecule has 2 aromatic carbocycles. The van der Waals surface area contributed by atoms with Crippen LogP contribution < -0.4 is 5.32 Å². The molecule has 0 unspecified atom stereocenters. The van der Waals surface area contributed by atoms with Crippen molar-refractivity contribution in [3.05, 3.63) is 70.8 Å². The second-order valence-electron chi connectivity index (χ2n) is 6.94. The summed E-state index contributed by atoms with van der Waals surface area (Å²) in [5.41, 5.74) is 2.09. The number of amides is 3. The molecule has 3 amide bonds. The average molecular weight is 350 g/mol. The van der Waals surface area contributed by atoms with Gasteiger partial charge in [0.15, 0.2) is 5.78 Å². The van der Waals surface area contributed by atoms with Gasteiger partial charge >= 0.3 is 6.03 Å². The maximum Gasteiger partial charge on any atom is 0.325 e. The van der Waals surface area contributed by atoms with Gasteiger partial charge in [-0.05, 0) is 50.5 Å². The quantitative estimate of drug-likeness (QED) is 0.679. The van der Waals surface area contributed by atoms with E-state index in [-0.39, 0.29) is 5.78 Å². The zero-order chi connectivity index (χ0) is 19.1. The molecule has 3 rings (SSSR count). The van der Waals surface area contributed by atoms with Crippen molar-refractivity contribution in [1.29, 1.82) is 0 Å². The number of hydrogen-bond acceptors (Lipinski definition) is 3. The number of nitrogens with one attached hydrogen (secondary N) is 1. The lowest BCUT2D eigenvalue weighted by molar-refractivity contribution is -0.131. The summed E-state index contributed by atoms with van der Waals surface area (Å²) in [6.07, 6.45) is 0. The molecule has 5 heteroatoms. The maximum absolute atomic E-state index is 13.0. The lowest BCUT2D eigenvalue weighted by Gasteiger charge is -2.24. The minimum atomic E-state index is -1.17. The Morgan fingerprint density at radius 2 is 1.69 bits per heavy atom. The molecule has 1 aliphatic heterocycles. The highest BCUT2D eigenvalue weighted by Gasteiger charge is 2.51. The number of carbonyl (C=O) groups excluding carboxylic acids is 3. The van der Waals surface area contributed by atoms with Crippen LogP contribution in [0, 0.1) is 13.8 Å². The summed E-state index contributed by atoms with van der Waals surface area (Å²) in [6.45, 7) is 7.15. The van der Waals surface area contributed by atoms with Crippen LogP contribution in [0.15, 0.2) is 48.5 Å². The van der Waals surface area contributed by atoms with Crippen molar-refractivity contribution in [2.45, 2.75) is 39.3 Å². The molecule has 0 saturated carbocycles. The summed E-state index contributed by atoms with van der Waals surface area (Å²) in [4.78, 5) is 39.4. The van der Waals surface area contributed by atoms with Crippen LogP contribution >= 0.6 is 0 Å². The van der Waals surface area contributed by atoms with E-state index in [9.17, 15) is 14.4 Å². The lowest BCUT2D eigenvalue weighted by Crippen LogP contribution is -2.45. The van der Waals surface area contributed by atoms with E-state index in [2.05, 4.69) is 5.32 Å².